The molecule has 2 amide bonds. The molecule has 0 unspecified atom stereocenters. The van der Waals surface area contributed by atoms with E-state index in [9.17, 15) is 14.0 Å². The van der Waals surface area contributed by atoms with Crippen molar-refractivity contribution in [3.63, 3.8) is 0 Å². The van der Waals surface area contributed by atoms with Gasteiger partial charge in [-0.25, -0.2) is 9.29 Å². The summed E-state index contributed by atoms with van der Waals surface area (Å²) in [6.07, 6.45) is 2.67. The number of benzene rings is 2. The highest BCUT2D eigenvalue weighted by Crippen LogP contribution is 2.39. The molecule has 0 saturated heterocycles. The topological polar surface area (TPSA) is 85.5 Å². The number of imide groups is 1. The normalized spacial score (nSPS) is 15.9. The van der Waals surface area contributed by atoms with E-state index in [4.69, 9.17) is 32.4 Å². The average molecular weight is 488 g/mol. The lowest BCUT2D eigenvalue weighted by atomic mass is 9.93. The van der Waals surface area contributed by atoms with E-state index in [1.54, 1.807) is 24.3 Å². The highest BCUT2D eigenvalue weighted by atomic mass is 35.5. The predicted molar refractivity (Wildman–Crippen MR) is 118 cm³/mol. The molecule has 3 aromatic rings. The number of carbonyl (C=O) groups is 2. The van der Waals surface area contributed by atoms with Gasteiger partial charge in [0.2, 0.25) is 5.89 Å². The largest absolute Gasteiger partial charge is 0.482 e. The molecule has 0 bridgehead atoms. The number of amides is 2. The maximum atomic E-state index is 14.7. The summed E-state index contributed by atoms with van der Waals surface area (Å²) >= 11 is 12.3. The van der Waals surface area contributed by atoms with Gasteiger partial charge in [-0.2, -0.15) is 0 Å². The van der Waals surface area contributed by atoms with Gasteiger partial charge in [-0.3, -0.25) is 9.59 Å². The van der Waals surface area contributed by atoms with E-state index in [1.807, 2.05) is 0 Å². The van der Waals surface area contributed by atoms with Crippen LogP contribution in [0, 0.1) is 5.82 Å². The number of ether oxygens (including phenoxy) is 1. The second-order valence-electron chi connectivity index (χ2n) is 7.61. The summed E-state index contributed by atoms with van der Waals surface area (Å²) in [5.41, 5.74) is 1.28. The van der Waals surface area contributed by atoms with Gasteiger partial charge in [0.15, 0.2) is 6.61 Å². The number of hydrogen-bond donors (Lipinski definition) is 0. The zero-order valence-electron chi connectivity index (χ0n) is 17.1. The van der Waals surface area contributed by atoms with E-state index in [0.717, 1.165) is 23.8 Å². The van der Waals surface area contributed by atoms with E-state index >= 15 is 0 Å². The van der Waals surface area contributed by atoms with Gasteiger partial charge in [0, 0.05) is 17.2 Å². The summed E-state index contributed by atoms with van der Waals surface area (Å²) in [6.45, 7) is -0.168. The number of hydrogen-bond acceptors (Lipinski definition) is 6. The monoisotopic (exact) mass is 487 g/mol. The third-order valence-corrected chi connectivity index (χ3v) is 6.18. The molecule has 7 nitrogen and oxygen atoms in total. The Balaban J connectivity index is 1.38. The molecule has 0 N–H and O–H groups in total. The fourth-order valence-electron chi connectivity index (χ4n) is 3.95. The average Bonchev–Trinajstić information content (AvgIpc) is 3.37. The van der Waals surface area contributed by atoms with E-state index in [-0.39, 0.29) is 34.8 Å². The lowest BCUT2D eigenvalue weighted by molar-refractivity contribution is -0.120. The van der Waals surface area contributed by atoms with Gasteiger partial charge in [0.1, 0.15) is 11.6 Å². The number of nitrogens with zero attached hydrogens (tertiary/aromatic N) is 3. The Hall–Kier alpha value is -3.23. The lowest BCUT2D eigenvalue weighted by Crippen LogP contribution is -2.32. The molecule has 0 radical (unpaired) electrons. The fraction of sp³-hybridized carbons (Fsp3) is 0.217. The molecule has 2 heterocycles. The maximum absolute atomic E-state index is 14.7. The van der Waals surface area contributed by atoms with Gasteiger partial charge in [-0.15, -0.1) is 10.2 Å². The lowest BCUT2D eigenvalue weighted by Gasteiger charge is -2.18. The molecule has 0 fully saturated rings. The van der Waals surface area contributed by atoms with Gasteiger partial charge in [0.05, 0.1) is 21.3 Å². The molecule has 2 aliphatic rings. The summed E-state index contributed by atoms with van der Waals surface area (Å²) in [5.74, 6) is -1.37. The van der Waals surface area contributed by atoms with Gasteiger partial charge >= 0.3 is 0 Å². The van der Waals surface area contributed by atoms with Crippen molar-refractivity contribution in [2.24, 2.45) is 0 Å². The smallest absolute Gasteiger partial charge is 0.261 e. The molecule has 1 aromatic heterocycles. The number of rotatable bonds is 5. The van der Waals surface area contributed by atoms with Crippen LogP contribution in [0.2, 0.25) is 10.0 Å². The Kier molecular flexibility index (Phi) is 5.64. The van der Waals surface area contributed by atoms with Crippen LogP contribution in [0.4, 0.5) is 10.1 Å². The molecular formula is C23H16Cl2FN3O4. The zero-order valence-corrected chi connectivity index (χ0v) is 18.6. The van der Waals surface area contributed by atoms with Crippen molar-refractivity contribution in [1.29, 1.82) is 0 Å². The molecule has 2 aromatic carbocycles. The second kappa shape index (κ2) is 8.61. The van der Waals surface area contributed by atoms with E-state index in [2.05, 4.69) is 10.2 Å². The Labute approximate surface area is 197 Å². The SMILES string of the molecule is O=C1C2=C(CCCC2)C(=O)N1c1cc(OCc2nnc(-c3ccccc3Cl)o2)c(Cl)cc1F. The molecule has 0 atom stereocenters. The third kappa shape index (κ3) is 3.89. The van der Waals surface area contributed by atoms with Crippen LogP contribution >= 0.6 is 23.2 Å². The van der Waals surface area contributed by atoms with Gasteiger partial charge in [-0.05, 0) is 43.9 Å². The van der Waals surface area contributed by atoms with Gasteiger partial charge in [0.25, 0.3) is 17.7 Å². The fourth-order valence-corrected chi connectivity index (χ4v) is 4.38. The summed E-state index contributed by atoms with van der Waals surface area (Å²) in [5, 5.41) is 8.31. The van der Waals surface area contributed by atoms with Crippen LogP contribution in [-0.4, -0.2) is 22.0 Å². The van der Waals surface area contributed by atoms with Crippen molar-refractivity contribution < 1.29 is 23.1 Å². The maximum Gasteiger partial charge on any atom is 0.261 e. The van der Waals surface area contributed by atoms with Gasteiger partial charge in [-0.1, -0.05) is 35.3 Å². The standard InChI is InChI=1S/C23H16Cl2FN3O4/c24-15-8-4-3-7-14(15)21-28-27-20(33-21)11-32-19-10-18(17(26)9-16(19)25)29-22(30)12-5-1-2-6-13(12)23(29)31/h3-4,7-10H,1-2,5-6,11H2. The van der Waals surface area contributed by atoms with Crippen molar-refractivity contribution in [2.45, 2.75) is 32.3 Å². The summed E-state index contributed by atoms with van der Waals surface area (Å²) in [4.78, 5) is 26.5. The molecule has 5 rings (SSSR count). The number of anilines is 1. The zero-order chi connectivity index (χ0) is 23.1. The van der Waals surface area contributed by atoms with E-state index < -0.39 is 17.6 Å². The summed E-state index contributed by atoms with van der Waals surface area (Å²) in [7, 11) is 0. The predicted octanol–water partition coefficient (Wildman–Crippen LogP) is 5.51. The minimum Gasteiger partial charge on any atom is -0.482 e. The van der Waals surface area contributed by atoms with Crippen LogP contribution in [0.1, 0.15) is 31.6 Å². The molecule has 0 saturated carbocycles. The molecule has 168 valence electrons. The first kappa shape index (κ1) is 21.6. The van der Waals surface area contributed by atoms with Crippen LogP contribution < -0.4 is 9.64 Å². The van der Waals surface area contributed by atoms with Crippen LogP contribution in [0.15, 0.2) is 52.0 Å². The Morgan fingerprint density at radius 3 is 2.39 bits per heavy atom. The first-order chi connectivity index (χ1) is 15.9. The minimum absolute atomic E-state index is 0.0288. The van der Waals surface area contributed by atoms with Crippen LogP contribution in [-0.2, 0) is 16.2 Å². The molecule has 0 spiro atoms. The highest BCUT2D eigenvalue weighted by Gasteiger charge is 2.41. The van der Waals surface area contributed by atoms with Crippen LogP contribution in [0.5, 0.6) is 5.75 Å². The van der Waals surface area contributed by atoms with Crippen molar-refractivity contribution in [2.75, 3.05) is 4.90 Å². The van der Waals surface area contributed by atoms with Gasteiger partial charge < -0.3 is 9.15 Å². The van der Waals surface area contributed by atoms with Crippen LogP contribution in [0.3, 0.4) is 0 Å². The molecule has 1 aliphatic heterocycles. The summed E-state index contributed by atoms with van der Waals surface area (Å²) < 4.78 is 26.0. The van der Waals surface area contributed by atoms with Crippen molar-refractivity contribution in [3.8, 4) is 17.2 Å². The molecule has 33 heavy (non-hydrogen) atoms. The highest BCUT2D eigenvalue weighted by molar-refractivity contribution is 6.34. The Morgan fingerprint density at radius 1 is 1.00 bits per heavy atom. The molecule has 10 heteroatoms. The van der Waals surface area contributed by atoms with Crippen LogP contribution in [0.25, 0.3) is 11.5 Å². The van der Waals surface area contributed by atoms with Crippen molar-refractivity contribution >= 4 is 40.7 Å². The first-order valence-corrected chi connectivity index (χ1v) is 11.0. The minimum atomic E-state index is -0.798. The number of halogens is 3. The number of aromatic nitrogens is 2. The second-order valence-corrected chi connectivity index (χ2v) is 8.43. The van der Waals surface area contributed by atoms with Crippen molar-refractivity contribution in [3.05, 3.63) is 69.3 Å². The summed E-state index contributed by atoms with van der Waals surface area (Å²) in [6, 6.07) is 9.24. The molecular weight excluding hydrogens is 472 g/mol. The quantitative estimate of drug-likeness (QED) is 0.441. The van der Waals surface area contributed by atoms with E-state index in [0.29, 0.717) is 34.6 Å². The molecule has 1 aliphatic carbocycles. The Bertz CT molecular complexity index is 1290. The number of carbonyl (C=O) groups excluding carboxylic acids is 2. The van der Waals surface area contributed by atoms with Crippen molar-refractivity contribution in [1.82, 2.24) is 10.2 Å². The first-order valence-electron chi connectivity index (χ1n) is 10.2. The Morgan fingerprint density at radius 2 is 1.70 bits per heavy atom. The van der Waals surface area contributed by atoms with E-state index in [1.165, 1.54) is 6.07 Å². The third-order valence-electron chi connectivity index (χ3n) is 5.55.